The van der Waals surface area contributed by atoms with Gasteiger partial charge in [0.25, 0.3) is 0 Å². The lowest BCUT2D eigenvalue weighted by atomic mass is 9.98. The number of nitrogens with zero attached hydrogens (tertiary/aromatic N) is 3. The summed E-state index contributed by atoms with van der Waals surface area (Å²) in [5.41, 5.74) is 6.17. The molecule has 4 aromatic rings. The van der Waals surface area contributed by atoms with Gasteiger partial charge in [-0.05, 0) is 65.9 Å². The second-order valence-corrected chi connectivity index (χ2v) is 7.91. The number of aromatic nitrogens is 2. The van der Waals surface area contributed by atoms with E-state index in [1.54, 1.807) is 20.4 Å². The highest BCUT2D eigenvalue weighted by Crippen LogP contribution is 2.31. The summed E-state index contributed by atoms with van der Waals surface area (Å²) in [6.07, 6.45) is 2.23. The Morgan fingerprint density at radius 1 is 0.971 bits per heavy atom. The Morgan fingerprint density at radius 3 is 2.41 bits per heavy atom. The smallest absolute Gasteiger partial charge is 0.161 e. The highest BCUT2D eigenvalue weighted by Gasteiger charge is 2.13. The molecule has 0 saturated heterocycles. The fourth-order valence-electron chi connectivity index (χ4n) is 3.64. The standard InChI is InChI=1S/C28H25N3O3/c1-18(2)25-16-30-24-11-8-21(23(15-29)28(24)31-25)13-20-7-12-26(27(14-20)33-4)34-17-19-5-9-22(32-3)10-6-19/h5-12,14,16H,1,13,17H2,2-4H3. The molecule has 0 unspecified atom stereocenters. The van der Waals surface area contributed by atoms with Gasteiger partial charge in [-0.25, -0.2) is 4.98 Å². The number of benzene rings is 3. The molecule has 0 saturated carbocycles. The van der Waals surface area contributed by atoms with Crippen LogP contribution in [-0.4, -0.2) is 24.2 Å². The van der Waals surface area contributed by atoms with E-state index in [4.69, 9.17) is 14.2 Å². The molecule has 6 heteroatoms. The molecule has 0 bridgehead atoms. The second-order valence-electron chi connectivity index (χ2n) is 7.91. The third-order valence-electron chi connectivity index (χ3n) is 5.53. The maximum atomic E-state index is 9.89. The van der Waals surface area contributed by atoms with Crippen LogP contribution in [0.2, 0.25) is 0 Å². The van der Waals surface area contributed by atoms with Gasteiger partial charge < -0.3 is 14.2 Å². The third-order valence-corrected chi connectivity index (χ3v) is 5.53. The molecule has 1 aromatic heterocycles. The van der Waals surface area contributed by atoms with Crippen molar-refractivity contribution in [3.8, 4) is 23.3 Å². The molecule has 0 spiro atoms. The Kier molecular flexibility index (Phi) is 6.74. The molecular weight excluding hydrogens is 426 g/mol. The predicted octanol–water partition coefficient (Wildman–Crippen LogP) is 5.72. The lowest BCUT2D eigenvalue weighted by molar-refractivity contribution is 0.284. The average Bonchev–Trinajstić information content (AvgIpc) is 2.87. The highest BCUT2D eigenvalue weighted by atomic mass is 16.5. The molecule has 6 nitrogen and oxygen atoms in total. The number of fused-ring (bicyclic) bond motifs is 1. The summed E-state index contributed by atoms with van der Waals surface area (Å²) < 4.78 is 16.8. The molecule has 0 aliphatic heterocycles. The highest BCUT2D eigenvalue weighted by molar-refractivity contribution is 5.83. The molecule has 0 aliphatic carbocycles. The zero-order valence-corrected chi connectivity index (χ0v) is 19.5. The predicted molar refractivity (Wildman–Crippen MR) is 132 cm³/mol. The van der Waals surface area contributed by atoms with E-state index < -0.39 is 0 Å². The Bertz CT molecular complexity index is 1390. The molecule has 0 fully saturated rings. The summed E-state index contributed by atoms with van der Waals surface area (Å²) in [6.45, 7) is 6.21. The summed E-state index contributed by atoms with van der Waals surface area (Å²) in [6, 6.07) is 19.7. The fraction of sp³-hybridized carbons (Fsp3) is 0.179. The fourth-order valence-corrected chi connectivity index (χ4v) is 3.64. The van der Waals surface area contributed by atoms with E-state index in [0.717, 1.165) is 28.0 Å². The van der Waals surface area contributed by atoms with Gasteiger partial charge in [0.15, 0.2) is 11.5 Å². The SMILES string of the molecule is C=C(C)c1cnc2ccc(Cc3ccc(OCc4ccc(OC)cc4)c(OC)c3)c(C#N)c2n1. The minimum absolute atomic E-state index is 0.409. The topological polar surface area (TPSA) is 77.3 Å². The number of allylic oxidation sites excluding steroid dienone is 1. The van der Waals surface area contributed by atoms with Crippen LogP contribution in [0.4, 0.5) is 0 Å². The molecular formula is C28H25N3O3. The first-order chi connectivity index (χ1) is 16.5. The van der Waals surface area contributed by atoms with Crippen LogP contribution in [0.3, 0.4) is 0 Å². The molecule has 0 radical (unpaired) electrons. The molecule has 3 aromatic carbocycles. The minimum Gasteiger partial charge on any atom is -0.497 e. The quantitative estimate of drug-likeness (QED) is 0.341. The van der Waals surface area contributed by atoms with E-state index in [-0.39, 0.29) is 0 Å². The first-order valence-electron chi connectivity index (χ1n) is 10.8. The number of hydrogen-bond donors (Lipinski definition) is 0. The number of hydrogen-bond acceptors (Lipinski definition) is 6. The lowest BCUT2D eigenvalue weighted by Crippen LogP contribution is -2.00. The van der Waals surface area contributed by atoms with Crippen LogP contribution in [-0.2, 0) is 13.0 Å². The van der Waals surface area contributed by atoms with Gasteiger partial charge in [0.1, 0.15) is 23.9 Å². The van der Waals surface area contributed by atoms with Crippen LogP contribution in [0.15, 0.2) is 67.4 Å². The molecule has 34 heavy (non-hydrogen) atoms. The van der Waals surface area contributed by atoms with Gasteiger partial charge in [-0.15, -0.1) is 0 Å². The molecule has 0 aliphatic rings. The molecule has 0 atom stereocenters. The zero-order valence-electron chi connectivity index (χ0n) is 19.5. The van der Waals surface area contributed by atoms with Crippen molar-refractivity contribution in [2.75, 3.05) is 14.2 Å². The Hall–Kier alpha value is -4.37. The third kappa shape index (κ3) is 4.84. The van der Waals surface area contributed by atoms with Crippen LogP contribution >= 0.6 is 0 Å². The average molecular weight is 452 g/mol. The summed E-state index contributed by atoms with van der Waals surface area (Å²) in [7, 11) is 3.26. The van der Waals surface area contributed by atoms with Crippen molar-refractivity contribution in [2.24, 2.45) is 0 Å². The summed E-state index contributed by atoms with van der Waals surface area (Å²) in [5.74, 6) is 2.09. The first kappa shape index (κ1) is 22.8. The minimum atomic E-state index is 0.409. The van der Waals surface area contributed by atoms with Crippen molar-refractivity contribution in [3.63, 3.8) is 0 Å². The van der Waals surface area contributed by atoms with Crippen LogP contribution < -0.4 is 14.2 Å². The van der Waals surface area contributed by atoms with Crippen molar-refractivity contribution in [3.05, 3.63) is 95.3 Å². The van der Waals surface area contributed by atoms with Crippen molar-refractivity contribution in [2.45, 2.75) is 20.0 Å². The van der Waals surface area contributed by atoms with E-state index in [9.17, 15) is 5.26 Å². The van der Waals surface area contributed by atoms with Gasteiger partial charge in [-0.3, -0.25) is 4.98 Å². The molecule has 4 rings (SSSR count). The summed E-state index contributed by atoms with van der Waals surface area (Å²) in [4.78, 5) is 9.06. The van der Waals surface area contributed by atoms with Gasteiger partial charge in [-0.1, -0.05) is 30.8 Å². The zero-order chi connectivity index (χ0) is 24.1. The number of rotatable bonds is 8. The van der Waals surface area contributed by atoms with Crippen LogP contribution in [0.25, 0.3) is 16.6 Å². The maximum Gasteiger partial charge on any atom is 0.161 e. The second kappa shape index (κ2) is 10.1. The van der Waals surface area contributed by atoms with Gasteiger partial charge in [0.2, 0.25) is 0 Å². The van der Waals surface area contributed by atoms with E-state index >= 15 is 0 Å². The van der Waals surface area contributed by atoms with E-state index in [0.29, 0.717) is 46.8 Å². The molecule has 170 valence electrons. The molecule has 1 heterocycles. The monoisotopic (exact) mass is 451 g/mol. The molecule has 0 amide bonds. The van der Waals surface area contributed by atoms with E-state index in [1.807, 2.05) is 61.5 Å². The van der Waals surface area contributed by atoms with E-state index in [2.05, 4.69) is 22.6 Å². The van der Waals surface area contributed by atoms with Crippen molar-refractivity contribution in [1.29, 1.82) is 5.26 Å². The largest absolute Gasteiger partial charge is 0.497 e. The van der Waals surface area contributed by atoms with Gasteiger partial charge >= 0.3 is 0 Å². The van der Waals surface area contributed by atoms with Crippen molar-refractivity contribution >= 4 is 16.6 Å². The normalized spacial score (nSPS) is 10.5. The Labute approximate surface area is 199 Å². The van der Waals surface area contributed by atoms with Crippen LogP contribution in [0, 0.1) is 11.3 Å². The molecule has 0 N–H and O–H groups in total. The van der Waals surface area contributed by atoms with Crippen molar-refractivity contribution in [1.82, 2.24) is 9.97 Å². The number of methoxy groups -OCH3 is 2. The van der Waals surface area contributed by atoms with Gasteiger partial charge in [0, 0.05) is 0 Å². The van der Waals surface area contributed by atoms with Crippen LogP contribution in [0.1, 0.15) is 34.9 Å². The van der Waals surface area contributed by atoms with Gasteiger partial charge in [-0.2, -0.15) is 5.26 Å². The number of nitriles is 1. The first-order valence-corrected chi connectivity index (χ1v) is 10.8. The number of ether oxygens (including phenoxy) is 3. The van der Waals surface area contributed by atoms with E-state index in [1.165, 1.54) is 0 Å². The summed E-state index contributed by atoms with van der Waals surface area (Å²) >= 11 is 0. The Morgan fingerprint density at radius 2 is 1.74 bits per heavy atom. The van der Waals surface area contributed by atoms with Gasteiger partial charge in [0.05, 0.1) is 37.2 Å². The Balaban J connectivity index is 1.58. The van der Waals surface area contributed by atoms with Crippen molar-refractivity contribution < 1.29 is 14.2 Å². The maximum absolute atomic E-state index is 9.89. The van der Waals surface area contributed by atoms with Crippen LogP contribution in [0.5, 0.6) is 17.2 Å². The lowest BCUT2D eigenvalue weighted by Gasteiger charge is -2.13. The summed E-state index contributed by atoms with van der Waals surface area (Å²) in [5, 5.41) is 9.89.